The molecule has 2 N–H and O–H groups in total. The normalized spacial score (nSPS) is 24.7. The molecule has 2 aliphatic rings. The third-order valence-electron chi connectivity index (χ3n) is 3.58. The van der Waals surface area contributed by atoms with Crippen molar-refractivity contribution in [2.24, 2.45) is 5.92 Å². The number of rotatable bonds is 3. The lowest BCUT2D eigenvalue weighted by molar-refractivity contribution is 0.169. The van der Waals surface area contributed by atoms with Crippen molar-refractivity contribution in [1.82, 2.24) is 15.5 Å². The van der Waals surface area contributed by atoms with Crippen molar-refractivity contribution < 1.29 is 4.79 Å². The highest BCUT2D eigenvalue weighted by Crippen LogP contribution is 2.28. The summed E-state index contributed by atoms with van der Waals surface area (Å²) in [4.78, 5) is 14.4. The molecule has 2 fully saturated rings. The fourth-order valence-corrected chi connectivity index (χ4v) is 2.53. The molecule has 1 unspecified atom stereocenters. The minimum Gasteiger partial charge on any atom is -0.333 e. The van der Waals surface area contributed by atoms with Gasteiger partial charge >= 0.3 is 6.03 Å². The van der Waals surface area contributed by atoms with E-state index in [1.54, 1.807) is 0 Å². The largest absolute Gasteiger partial charge is 0.333 e. The van der Waals surface area contributed by atoms with Crippen molar-refractivity contribution >= 4 is 6.03 Å². The lowest BCUT2D eigenvalue weighted by atomic mass is 9.99. The first-order valence-electron chi connectivity index (χ1n) is 7.25. The second kappa shape index (κ2) is 5.47. The van der Waals surface area contributed by atoms with Crippen LogP contribution >= 0.6 is 0 Å². The molecule has 1 heterocycles. The van der Waals surface area contributed by atoms with Crippen LogP contribution in [0.5, 0.6) is 0 Å². The molecule has 2 amide bonds. The van der Waals surface area contributed by atoms with E-state index >= 15 is 0 Å². The van der Waals surface area contributed by atoms with Crippen LogP contribution in [0.25, 0.3) is 0 Å². The second-order valence-electron chi connectivity index (χ2n) is 6.78. The lowest BCUT2D eigenvalue weighted by Crippen LogP contribution is -2.51. The van der Waals surface area contributed by atoms with Crippen LogP contribution in [0.3, 0.4) is 0 Å². The van der Waals surface area contributed by atoms with E-state index in [2.05, 4.69) is 15.5 Å². The molecule has 1 saturated heterocycles. The quantitative estimate of drug-likeness (QED) is 0.807. The van der Waals surface area contributed by atoms with Gasteiger partial charge < -0.3 is 15.5 Å². The Morgan fingerprint density at radius 3 is 2.56 bits per heavy atom. The van der Waals surface area contributed by atoms with Crippen LogP contribution in [0.1, 0.15) is 46.5 Å². The monoisotopic (exact) mass is 253 g/mol. The molecule has 1 saturated carbocycles. The van der Waals surface area contributed by atoms with Gasteiger partial charge in [0.25, 0.3) is 0 Å². The third-order valence-corrected chi connectivity index (χ3v) is 3.58. The molecular formula is C14H27N3O. The van der Waals surface area contributed by atoms with Gasteiger partial charge in [-0.3, -0.25) is 0 Å². The number of amides is 2. The maximum absolute atomic E-state index is 12.3. The number of urea groups is 1. The molecule has 2 rings (SSSR count). The van der Waals surface area contributed by atoms with Crippen molar-refractivity contribution in [2.75, 3.05) is 19.6 Å². The van der Waals surface area contributed by atoms with Gasteiger partial charge in [0, 0.05) is 18.1 Å². The molecular weight excluding hydrogens is 226 g/mol. The number of hydrogen-bond donors (Lipinski definition) is 2. The van der Waals surface area contributed by atoms with Gasteiger partial charge in [-0.05, 0) is 65.5 Å². The fraction of sp³-hybridized carbons (Fsp3) is 0.929. The summed E-state index contributed by atoms with van der Waals surface area (Å²) in [6.45, 7) is 9.23. The Hall–Kier alpha value is -0.770. The van der Waals surface area contributed by atoms with E-state index in [1.165, 1.54) is 25.7 Å². The molecule has 0 aromatic heterocycles. The second-order valence-corrected chi connectivity index (χ2v) is 6.78. The average molecular weight is 253 g/mol. The van der Waals surface area contributed by atoms with Crippen molar-refractivity contribution in [3.8, 4) is 0 Å². The smallest absolute Gasteiger partial charge is 0.318 e. The van der Waals surface area contributed by atoms with E-state index in [-0.39, 0.29) is 11.6 Å². The Labute approximate surface area is 110 Å². The van der Waals surface area contributed by atoms with Gasteiger partial charge in [0.05, 0.1) is 0 Å². The lowest BCUT2D eigenvalue weighted by Gasteiger charge is -2.32. The predicted molar refractivity (Wildman–Crippen MR) is 73.6 cm³/mol. The highest BCUT2D eigenvalue weighted by atomic mass is 16.2. The molecule has 0 aromatic carbocycles. The number of carbonyl (C=O) groups excluding carboxylic acids is 1. The number of nitrogens with one attached hydrogen (secondary N) is 2. The fourth-order valence-electron chi connectivity index (χ4n) is 2.53. The molecule has 4 heteroatoms. The van der Waals surface area contributed by atoms with Crippen molar-refractivity contribution in [3.63, 3.8) is 0 Å². The summed E-state index contributed by atoms with van der Waals surface area (Å²) in [7, 11) is 0. The Bertz CT molecular complexity index is 288. The zero-order valence-electron chi connectivity index (χ0n) is 12.0. The highest BCUT2D eigenvalue weighted by Gasteiger charge is 2.35. The molecule has 4 nitrogen and oxygen atoms in total. The number of hydrogen-bond acceptors (Lipinski definition) is 2. The van der Waals surface area contributed by atoms with Gasteiger partial charge in [0.2, 0.25) is 0 Å². The van der Waals surface area contributed by atoms with E-state index < -0.39 is 0 Å². The maximum atomic E-state index is 12.3. The summed E-state index contributed by atoms with van der Waals surface area (Å²) in [6.07, 6.45) is 4.85. The highest BCUT2D eigenvalue weighted by molar-refractivity contribution is 5.75. The molecule has 1 aliphatic heterocycles. The van der Waals surface area contributed by atoms with Crippen LogP contribution in [0, 0.1) is 5.92 Å². The van der Waals surface area contributed by atoms with Crippen LogP contribution in [-0.4, -0.2) is 42.1 Å². The molecule has 1 aliphatic carbocycles. The van der Waals surface area contributed by atoms with Gasteiger partial charge in [-0.2, -0.15) is 0 Å². The Morgan fingerprint density at radius 1 is 1.33 bits per heavy atom. The first-order valence-corrected chi connectivity index (χ1v) is 7.25. The molecule has 0 radical (unpaired) electrons. The number of nitrogens with zero attached hydrogens (tertiary/aromatic N) is 1. The number of piperidine rings is 1. The Balaban J connectivity index is 1.88. The van der Waals surface area contributed by atoms with E-state index in [0.29, 0.717) is 12.0 Å². The van der Waals surface area contributed by atoms with Crippen molar-refractivity contribution in [3.05, 3.63) is 0 Å². The van der Waals surface area contributed by atoms with Gasteiger partial charge in [-0.1, -0.05) is 0 Å². The Kier molecular flexibility index (Phi) is 4.15. The van der Waals surface area contributed by atoms with Gasteiger partial charge in [0.15, 0.2) is 0 Å². The van der Waals surface area contributed by atoms with Crippen LogP contribution in [0.4, 0.5) is 4.79 Å². The average Bonchev–Trinajstić information content (AvgIpc) is 3.08. The van der Waals surface area contributed by atoms with Crippen LogP contribution in [-0.2, 0) is 0 Å². The van der Waals surface area contributed by atoms with Crippen LogP contribution in [0.15, 0.2) is 0 Å². The summed E-state index contributed by atoms with van der Waals surface area (Å²) < 4.78 is 0. The zero-order valence-corrected chi connectivity index (χ0v) is 12.0. The van der Waals surface area contributed by atoms with Gasteiger partial charge in [-0.15, -0.1) is 0 Å². The SMILES string of the molecule is CC(C)(C)NC(=O)N(CC1CCCNC1)C1CC1. The number of carbonyl (C=O) groups is 1. The van der Waals surface area contributed by atoms with E-state index in [9.17, 15) is 4.79 Å². The summed E-state index contributed by atoms with van der Waals surface area (Å²) >= 11 is 0. The summed E-state index contributed by atoms with van der Waals surface area (Å²) in [5.74, 6) is 0.630. The minimum absolute atomic E-state index is 0.121. The van der Waals surface area contributed by atoms with Crippen LogP contribution in [0.2, 0.25) is 0 Å². The maximum Gasteiger partial charge on any atom is 0.318 e. The predicted octanol–water partition coefficient (Wildman–Crippen LogP) is 1.96. The summed E-state index contributed by atoms with van der Waals surface area (Å²) in [5, 5.41) is 6.53. The van der Waals surface area contributed by atoms with E-state index in [4.69, 9.17) is 0 Å². The molecule has 0 bridgehead atoms. The Morgan fingerprint density at radius 2 is 2.06 bits per heavy atom. The minimum atomic E-state index is -0.144. The van der Waals surface area contributed by atoms with Gasteiger partial charge in [0.1, 0.15) is 0 Å². The van der Waals surface area contributed by atoms with E-state index in [0.717, 1.165) is 19.6 Å². The topological polar surface area (TPSA) is 44.4 Å². The molecule has 104 valence electrons. The van der Waals surface area contributed by atoms with Crippen molar-refractivity contribution in [1.29, 1.82) is 0 Å². The molecule has 0 aromatic rings. The first-order chi connectivity index (χ1) is 8.46. The summed E-state index contributed by atoms with van der Waals surface area (Å²) in [5.41, 5.74) is -0.144. The first kappa shape index (κ1) is 13.7. The standard InChI is InChI=1S/C14H27N3O/c1-14(2,3)16-13(18)17(12-6-7-12)10-11-5-4-8-15-9-11/h11-12,15H,4-10H2,1-3H3,(H,16,18). The van der Waals surface area contributed by atoms with Crippen molar-refractivity contribution in [2.45, 2.75) is 58.0 Å². The zero-order chi connectivity index (χ0) is 13.2. The molecule has 18 heavy (non-hydrogen) atoms. The molecule has 1 atom stereocenters. The van der Waals surface area contributed by atoms with Crippen LogP contribution < -0.4 is 10.6 Å². The van der Waals surface area contributed by atoms with E-state index in [1.807, 2.05) is 20.8 Å². The third kappa shape index (κ3) is 4.16. The van der Waals surface area contributed by atoms with Gasteiger partial charge in [-0.25, -0.2) is 4.79 Å². The summed E-state index contributed by atoms with van der Waals surface area (Å²) in [6, 6.07) is 0.616. The molecule has 0 spiro atoms.